The van der Waals surface area contributed by atoms with Gasteiger partial charge in [0.2, 0.25) is 0 Å². The third-order valence-electron chi connectivity index (χ3n) is 5.11. The minimum Gasteiger partial charge on any atom is -0.385 e. The molecule has 1 atom stereocenters. The zero-order chi connectivity index (χ0) is 19.4. The molecular formula is C19H27N5O3. The molecule has 1 aliphatic carbocycles. The Kier molecular flexibility index (Phi) is 6.05. The molecule has 0 bridgehead atoms. The number of amides is 1. The number of rotatable bonds is 7. The first kappa shape index (κ1) is 19.3. The summed E-state index contributed by atoms with van der Waals surface area (Å²) in [4.78, 5) is 25.4. The summed E-state index contributed by atoms with van der Waals surface area (Å²) in [5.74, 6) is 0.289. The van der Waals surface area contributed by atoms with Crippen molar-refractivity contribution in [1.29, 1.82) is 0 Å². The number of fused-ring (bicyclic) bond motifs is 1. The molecule has 8 nitrogen and oxygen atoms in total. The molecule has 146 valence electrons. The van der Waals surface area contributed by atoms with Crippen molar-refractivity contribution in [3.8, 4) is 0 Å². The van der Waals surface area contributed by atoms with Crippen LogP contribution in [-0.2, 0) is 31.2 Å². The Balaban J connectivity index is 1.77. The number of carbonyl (C=O) groups excluding carboxylic acids is 1. The Morgan fingerprint density at radius 2 is 2.15 bits per heavy atom. The fourth-order valence-electron chi connectivity index (χ4n) is 3.64. The van der Waals surface area contributed by atoms with Crippen molar-refractivity contribution >= 4 is 5.91 Å². The molecular weight excluding hydrogens is 346 g/mol. The standard InChI is InChI=1S/C19H27N5O3/c1-13(17-22-20-12-24(17)9-6-10-27-3)21-18(25)15-11-14-7-4-5-8-16(14)23(2)19(15)26/h11-13H,4-10H2,1-3H3,(H,21,25)/t13-/m1/s1. The van der Waals surface area contributed by atoms with E-state index in [1.54, 1.807) is 31.1 Å². The lowest BCUT2D eigenvalue weighted by Gasteiger charge is -2.20. The maximum absolute atomic E-state index is 12.8. The summed E-state index contributed by atoms with van der Waals surface area (Å²) in [5, 5.41) is 11.0. The first-order valence-electron chi connectivity index (χ1n) is 9.42. The van der Waals surface area contributed by atoms with Crippen molar-refractivity contribution in [2.24, 2.45) is 7.05 Å². The zero-order valence-electron chi connectivity index (χ0n) is 16.2. The van der Waals surface area contributed by atoms with Crippen molar-refractivity contribution in [2.45, 2.75) is 51.6 Å². The number of nitrogens with one attached hydrogen (secondary N) is 1. The summed E-state index contributed by atoms with van der Waals surface area (Å²) in [7, 11) is 3.41. The van der Waals surface area contributed by atoms with Crippen molar-refractivity contribution in [2.75, 3.05) is 13.7 Å². The van der Waals surface area contributed by atoms with Crippen LogP contribution in [0.3, 0.4) is 0 Å². The summed E-state index contributed by atoms with van der Waals surface area (Å²) in [6, 6.07) is 1.41. The van der Waals surface area contributed by atoms with Gasteiger partial charge < -0.3 is 19.2 Å². The van der Waals surface area contributed by atoms with Gasteiger partial charge >= 0.3 is 0 Å². The molecule has 2 heterocycles. The molecule has 8 heteroatoms. The summed E-state index contributed by atoms with van der Waals surface area (Å²) >= 11 is 0. The van der Waals surface area contributed by atoms with Gasteiger partial charge in [-0.15, -0.1) is 10.2 Å². The molecule has 0 unspecified atom stereocenters. The van der Waals surface area contributed by atoms with E-state index in [2.05, 4.69) is 15.5 Å². The SMILES string of the molecule is COCCCn1cnnc1[C@@H](C)NC(=O)c1cc2c(n(C)c1=O)CCCC2. The number of nitrogens with zero attached hydrogens (tertiary/aromatic N) is 4. The van der Waals surface area contributed by atoms with Crippen LogP contribution in [0.25, 0.3) is 0 Å². The van der Waals surface area contributed by atoms with Crippen LogP contribution in [0.1, 0.15) is 59.7 Å². The second-order valence-corrected chi connectivity index (χ2v) is 7.03. The Bertz CT molecular complexity index is 871. The van der Waals surface area contributed by atoms with Crippen LogP contribution < -0.4 is 10.9 Å². The third kappa shape index (κ3) is 4.10. The van der Waals surface area contributed by atoms with E-state index in [-0.39, 0.29) is 23.1 Å². The Hall–Kier alpha value is -2.48. The first-order chi connectivity index (χ1) is 13.0. The van der Waals surface area contributed by atoms with Crippen LogP contribution >= 0.6 is 0 Å². The summed E-state index contributed by atoms with van der Waals surface area (Å²) < 4.78 is 8.60. The van der Waals surface area contributed by atoms with Crippen LogP contribution in [0.2, 0.25) is 0 Å². The van der Waals surface area contributed by atoms with Gasteiger partial charge in [0, 0.05) is 33.0 Å². The molecule has 0 saturated heterocycles. The van der Waals surface area contributed by atoms with Gasteiger partial charge in [-0.1, -0.05) is 0 Å². The highest BCUT2D eigenvalue weighted by molar-refractivity contribution is 5.94. The minimum absolute atomic E-state index is 0.190. The summed E-state index contributed by atoms with van der Waals surface area (Å²) in [6.45, 7) is 3.19. The van der Waals surface area contributed by atoms with Gasteiger partial charge in [0.25, 0.3) is 11.5 Å². The van der Waals surface area contributed by atoms with E-state index in [0.717, 1.165) is 43.4 Å². The van der Waals surface area contributed by atoms with Crippen LogP contribution in [-0.4, -0.2) is 39.0 Å². The van der Waals surface area contributed by atoms with E-state index >= 15 is 0 Å². The molecule has 3 rings (SSSR count). The van der Waals surface area contributed by atoms with Gasteiger partial charge in [0.05, 0.1) is 6.04 Å². The predicted octanol–water partition coefficient (Wildman–Crippen LogP) is 1.38. The van der Waals surface area contributed by atoms with Crippen LogP contribution in [0.4, 0.5) is 0 Å². The average molecular weight is 373 g/mol. The molecule has 2 aromatic rings. The first-order valence-corrected chi connectivity index (χ1v) is 9.42. The van der Waals surface area contributed by atoms with Crippen LogP contribution in [0.15, 0.2) is 17.2 Å². The lowest BCUT2D eigenvalue weighted by molar-refractivity contribution is 0.0935. The average Bonchev–Trinajstić information content (AvgIpc) is 3.13. The maximum Gasteiger partial charge on any atom is 0.263 e. The molecule has 0 aliphatic heterocycles. The number of aryl methyl sites for hydroxylation is 2. The van der Waals surface area contributed by atoms with Gasteiger partial charge in [-0.25, -0.2) is 0 Å². The molecule has 0 radical (unpaired) electrons. The van der Waals surface area contributed by atoms with E-state index in [1.807, 2.05) is 11.5 Å². The number of aromatic nitrogens is 4. The predicted molar refractivity (Wildman–Crippen MR) is 101 cm³/mol. The minimum atomic E-state index is -0.372. The molecule has 1 aliphatic rings. The fourth-order valence-corrected chi connectivity index (χ4v) is 3.64. The molecule has 0 aromatic carbocycles. The van der Waals surface area contributed by atoms with E-state index in [0.29, 0.717) is 19.0 Å². The van der Waals surface area contributed by atoms with Crippen molar-refractivity contribution in [3.05, 3.63) is 45.4 Å². The quantitative estimate of drug-likeness (QED) is 0.741. The molecule has 1 amide bonds. The number of methoxy groups -OCH3 is 1. The normalized spacial score (nSPS) is 14.6. The van der Waals surface area contributed by atoms with Gasteiger partial charge in [0.1, 0.15) is 11.9 Å². The lowest BCUT2D eigenvalue weighted by Crippen LogP contribution is -2.36. The topological polar surface area (TPSA) is 91.0 Å². The lowest BCUT2D eigenvalue weighted by atomic mass is 9.94. The second-order valence-electron chi connectivity index (χ2n) is 7.03. The summed E-state index contributed by atoms with van der Waals surface area (Å²) in [6.07, 6.45) is 6.45. The van der Waals surface area contributed by atoms with E-state index < -0.39 is 0 Å². The highest BCUT2D eigenvalue weighted by Gasteiger charge is 2.22. The van der Waals surface area contributed by atoms with E-state index in [9.17, 15) is 9.59 Å². The zero-order valence-corrected chi connectivity index (χ0v) is 16.2. The smallest absolute Gasteiger partial charge is 0.263 e. The highest BCUT2D eigenvalue weighted by atomic mass is 16.5. The van der Waals surface area contributed by atoms with Gasteiger partial charge in [-0.05, 0) is 50.7 Å². The number of hydrogen-bond acceptors (Lipinski definition) is 5. The molecule has 27 heavy (non-hydrogen) atoms. The van der Waals surface area contributed by atoms with Gasteiger partial charge in [-0.3, -0.25) is 9.59 Å². The number of carbonyl (C=O) groups is 1. The van der Waals surface area contributed by atoms with Crippen molar-refractivity contribution in [3.63, 3.8) is 0 Å². The van der Waals surface area contributed by atoms with Crippen LogP contribution in [0, 0.1) is 0 Å². The highest BCUT2D eigenvalue weighted by Crippen LogP contribution is 2.20. The number of pyridine rings is 1. The molecule has 1 N–H and O–H groups in total. The van der Waals surface area contributed by atoms with Gasteiger partial charge in [0.15, 0.2) is 5.82 Å². The maximum atomic E-state index is 12.8. The van der Waals surface area contributed by atoms with Crippen molar-refractivity contribution < 1.29 is 9.53 Å². The second kappa shape index (κ2) is 8.47. The third-order valence-corrected chi connectivity index (χ3v) is 5.11. The number of ether oxygens (including phenoxy) is 1. The molecule has 0 fully saturated rings. The fraction of sp³-hybridized carbons (Fsp3) is 0.579. The Morgan fingerprint density at radius 3 is 2.93 bits per heavy atom. The van der Waals surface area contributed by atoms with E-state index in [1.165, 1.54) is 0 Å². The Morgan fingerprint density at radius 1 is 1.37 bits per heavy atom. The largest absolute Gasteiger partial charge is 0.385 e. The van der Waals surface area contributed by atoms with Gasteiger partial charge in [-0.2, -0.15) is 0 Å². The number of hydrogen-bond donors (Lipinski definition) is 1. The Labute approximate surface area is 158 Å². The molecule has 0 saturated carbocycles. The molecule has 2 aromatic heterocycles. The molecule has 0 spiro atoms. The van der Waals surface area contributed by atoms with E-state index in [4.69, 9.17) is 4.74 Å². The summed E-state index contributed by atoms with van der Waals surface area (Å²) in [5.41, 5.74) is 2.09. The van der Waals surface area contributed by atoms with Crippen molar-refractivity contribution in [1.82, 2.24) is 24.6 Å². The monoisotopic (exact) mass is 373 g/mol. The van der Waals surface area contributed by atoms with Crippen LogP contribution in [0.5, 0.6) is 0 Å².